The number of methoxy groups -OCH3 is 1. The molecule has 1 aliphatic rings. The van der Waals surface area contributed by atoms with Crippen LogP contribution in [-0.2, 0) is 9.53 Å². The van der Waals surface area contributed by atoms with Gasteiger partial charge in [-0.15, -0.1) is 0 Å². The Balaban J connectivity index is 2.25. The summed E-state index contributed by atoms with van der Waals surface area (Å²) < 4.78 is 5.62. The van der Waals surface area contributed by atoms with Crippen molar-refractivity contribution in [3.63, 3.8) is 0 Å². The molecule has 0 aliphatic carbocycles. The lowest BCUT2D eigenvalue weighted by Crippen LogP contribution is -2.41. The Morgan fingerprint density at radius 1 is 1.37 bits per heavy atom. The van der Waals surface area contributed by atoms with Gasteiger partial charge in [-0.2, -0.15) is 0 Å². The first-order valence-corrected chi connectivity index (χ1v) is 6.98. The third-order valence-corrected chi connectivity index (χ3v) is 3.73. The topological polar surface area (TPSA) is 46.6 Å². The highest BCUT2D eigenvalue weighted by atomic mass is 79.9. The van der Waals surface area contributed by atoms with Crippen LogP contribution >= 0.6 is 15.9 Å². The van der Waals surface area contributed by atoms with E-state index in [1.807, 2.05) is 19.1 Å². The molecule has 0 aromatic heterocycles. The zero-order valence-electron chi connectivity index (χ0n) is 11.0. The van der Waals surface area contributed by atoms with E-state index in [1.54, 1.807) is 11.0 Å². The van der Waals surface area contributed by atoms with E-state index in [-0.39, 0.29) is 11.9 Å². The number of esters is 1. The average Bonchev–Trinajstić information content (AvgIpc) is 2.84. The number of aryl methyl sites for hydroxylation is 1. The maximum atomic E-state index is 12.5. The number of amides is 1. The molecule has 5 heteroatoms. The summed E-state index contributed by atoms with van der Waals surface area (Å²) in [7, 11) is 1.35. The lowest BCUT2D eigenvalue weighted by molar-refractivity contribution is -0.145. The van der Waals surface area contributed by atoms with Gasteiger partial charge in [-0.1, -0.05) is 15.9 Å². The van der Waals surface area contributed by atoms with Crippen molar-refractivity contribution in [1.82, 2.24) is 4.90 Å². The summed E-state index contributed by atoms with van der Waals surface area (Å²) >= 11 is 3.39. The quantitative estimate of drug-likeness (QED) is 0.785. The van der Waals surface area contributed by atoms with Crippen LogP contribution in [0.2, 0.25) is 0 Å². The fraction of sp³-hybridized carbons (Fsp3) is 0.429. The van der Waals surface area contributed by atoms with Crippen LogP contribution < -0.4 is 0 Å². The Hall–Kier alpha value is -1.36. The van der Waals surface area contributed by atoms with Crippen LogP contribution in [0.25, 0.3) is 0 Å². The molecular weight excluding hydrogens is 310 g/mol. The minimum Gasteiger partial charge on any atom is -0.467 e. The predicted molar refractivity (Wildman–Crippen MR) is 75.0 cm³/mol. The van der Waals surface area contributed by atoms with E-state index in [4.69, 9.17) is 4.74 Å². The molecule has 1 heterocycles. The SMILES string of the molecule is COC(=O)C1CCCN1C(=O)c1cc(C)cc(Br)c1. The fourth-order valence-electron chi connectivity index (χ4n) is 2.42. The van der Waals surface area contributed by atoms with Gasteiger partial charge in [0.05, 0.1) is 7.11 Å². The van der Waals surface area contributed by atoms with Gasteiger partial charge in [-0.25, -0.2) is 4.79 Å². The van der Waals surface area contributed by atoms with Crippen LogP contribution in [-0.4, -0.2) is 36.5 Å². The third kappa shape index (κ3) is 2.97. The molecule has 102 valence electrons. The first-order chi connectivity index (χ1) is 9.02. The van der Waals surface area contributed by atoms with E-state index >= 15 is 0 Å². The second-order valence-electron chi connectivity index (χ2n) is 4.70. The van der Waals surface area contributed by atoms with Crippen molar-refractivity contribution in [3.8, 4) is 0 Å². The summed E-state index contributed by atoms with van der Waals surface area (Å²) in [5, 5.41) is 0. The summed E-state index contributed by atoms with van der Waals surface area (Å²) in [5.74, 6) is -0.449. The van der Waals surface area contributed by atoms with Crippen LogP contribution in [0.3, 0.4) is 0 Å². The molecule has 0 radical (unpaired) electrons. The number of benzene rings is 1. The lowest BCUT2D eigenvalue weighted by Gasteiger charge is -2.23. The second-order valence-corrected chi connectivity index (χ2v) is 5.61. The van der Waals surface area contributed by atoms with Crippen molar-refractivity contribution < 1.29 is 14.3 Å². The van der Waals surface area contributed by atoms with E-state index < -0.39 is 6.04 Å². The predicted octanol–water partition coefficient (Wildman–Crippen LogP) is 2.54. The minimum absolute atomic E-state index is 0.114. The Kier molecular flexibility index (Phi) is 4.24. The molecule has 1 aromatic carbocycles. The van der Waals surface area contributed by atoms with E-state index in [9.17, 15) is 9.59 Å². The minimum atomic E-state index is -0.447. The van der Waals surface area contributed by atoms with Gasteiger partial charge < -0.3 is 9.64 Å². The second kappa shape index (κ2) is 5.74. The first kappa shape index (κ1) is 14.1. The number of rotatable bonds is 2. The molecule has 1 aliphatic heterocycles. The molecule has 1 fully saturated rings. The van der Waals surface area contributed by atoms with Crippen LogP contribution in [0.5, 0.6) is 0 Å². The molecule has 19 heavy (non-hydrogen) atoms. The fourth-order valence-corrected chi connectivity index (χ4v) is 3.02. The van der Waals surface area contributed by atoms with Crippen molar-refractivity contribution in [2.24, 2.45) is 0 Å². The maximum Gasteiger partial charge on any atom is 0.328 e. The standard InChI is InChI=1S/C14H16BrNO3/c1-9-6-10(8-11(15)7-9)13(17)16-5-3-4-12(16)14(18)19-2/h6-8,12H,3-5H2,1-2H3. The first-order valence-electron chi connectivity index (χ1n) is 6.19. The highest BCUT2D eigenvalue weighted by Crippen LogP contribution is 2.23. The van der Waals surface area contributed by atoms with Gasteiger partial charge >= 0.3 is 5.97 Å². The van der Waals surface area contributed by atoms with Crippen molar-refractivity contribution in [3.05, 3.63) is 33.8 Å². The number of nitrogens with zero attached hydrogens (tertiary/aromatic N) is 1. The number of likely N-dealkylation sites (tertiary alicyclic amines) is 1. The van der Waals surface area contributed by atoms with Crippen LogP contribution in [0.4, 0.5) is 0 Å². The Morgan fingerprint density at radius 2 is 2.11 bits per heavy atom. The molecule has 1 amide bonds. The monoisotopic (exact) mass is 325 g/mol. The molecule has 1 atom stereocenters. The molecule has 0 spiro atoms. The number of halogens is 1. The van der Waals surface area contributed by atoms with Crippen molar-refractivity contribution in [2.75, 3.05) is 13.7 Å². The zero-order valence-corrected chi connectivity index (χ0v) is 12.6. The number of ether oxygens (including phenoxy) is 1. The lowest BCUT2D eigenvalue weighted by atomic mass is 10.1. The van der Waals surface area contributed by atoms with Gasteiger partial charge in [0.25, 0.3) is 5.91 Å². The van der Waals surface area contributed by atoms with E-state index in [0.29, 0.717) is 18.5 Å². The number of carbonyl (C=O) groups excluding carboxylic acids is 2. The van der Waals surface area contributed by atoms with E-state index in [1.165, 1.54) is 7.11 Å². The molecule has 0 bridgehead atoms. The molecule has 1 aromatic rings. The Labute approximate surface area is 120 Å². The van der Waals surface area contributed by atoms with Crippen molar-refractivity contribution in [1.29, 1.82) is 0 Å². The summed E-state index contributed by atoms with van der Waals surface area (Å²) in [6.07, 6.45) is 1.50. The smallest absolute Gasteiger partial charge is 0.328 e. The summed E-state index contributed by atoms with van der Waals surface area (Å²) in [6.45, 7) is 2.54. The van der Waals surface area contributed by atoms with Gasteiger partial charge in [0.2, 0.25) is 0 Å². The van der Waals surface area contributed by atoms with Crippen LogP contribution in [0.15, 0.2) is 22.7 Å². The van der Waals surface area contributed by atoms with Crippen LogP contribution in [0, 0.1) is 6.92 Å². The molecule has 1 unspecified atom stereocenters. The van der Waals surface area contributed by atoms with Crippen molar-refractivity contribution in [2.45, 2.75) is 25.8 Å². The number of hydrogen-bond acceptors (Lipinski definition) is 3. The molecular formula is C14H16BrNO3. The number of hydrogen-bond donors (Lipinski definition) is 0. The molecule has 2 rings (SSSR count). The summed E-state index contributed by atoms with van der Waals surface area (Å²) in [6, 6.07) is 5.11. The molecule has 4 nitrogen and oxygen atoms in total. The molecule has 1 saturated heterocycles. The summed E-state index contributed by atoms with van der Waals surface area (Å²) in [4.78, 5) is 25.8. The molecule has 0 saturated carbocycles. The van der Waals surface area contributed by atoms with E-state index in [2.05, 4.69) is 15.9 Å². The maximum absolute atomic E-state index is 12.5. The third-order valence-electron chi connectivity index (χ3n) is 3.28. The number of carbonyl (C=O) groups is 2. The molecule has 0 N–H and O–H groups in total. The zero-order chi connectivity index (χ0) is 14.0. The van der Waals surface area contributed by atoms with E-state index in [0.717, 1.165) is 16.5 Å². The highest BCUT2D eigenvalue weighted by molar-refractivity contribution is 9.10. The Morgan fingerprint density at radius 3 is 2.74 bits per heavy atom. The van der Waals surface area contributed by atoms with Gasteiger partial charge in [0.15, 0.2) is 0 Å². The van der Waals surface area contributed by atoms with Gasteiger partial charge in [-0.05, 0) is 43.5 Å². The van der Waals surface area contributed by atoms with Crippen molar-refractivity contribution >= 4 is 27.8 Å². The summed E-state index contributed by atoms with van der Waals surface area (Å²) in [5.41, 5.74) is 1.61. The van der Waals surface area contributed by atoms with Crippen LogP contribution in [0.1, 0.15) is 28.8 Å². The normalized spacial score (nSPS) is 18.5. The Bertz CT molecular complexity index is 495. The largest absolute Gasteiger partial charge is 0.467 e. The van der Waals surface area contributed by atoms with Gasteiger partial charge in [0.1, 0.15) is 6.04 Å². The van der Waals surface area contributed by atoms with Gasteiger partial charge in [0, 0.05) is 16.6 Å². The average molecular weight is 326 g/mol. The van der Waals surface area contributed by atoms with Gasteiger partial charge in [-0.3, -0.25) is 4.79 Å². The highest BCUT2D eigenvalue weighted by Gasteiger charge is 2.35.